The van der Waals surface area contributed by atoms with Gasteiger partial charge in [-0.2, -0.15) is 0 Å². The van der Waals surface area contributed by atoms with Crippen LogP contribution in [0.1, 0.15) is 20.3 Å². The van der Waals surface area contributed by atoms with Crippen LogP contribution in [-0.4, -0.2) is 18.6 Å². The third kappa shape index (κ3) is 4.56. The first-order valence-electron chi connectivity index (χ1n) is 3.64. The molecule has 0 aromatic rings. The highest BCUT2D eigenvalue weighted by Gasteiger charge is 2.09. The van der Waals surface area contributed by atoms with Crippen LogP contribution in [0, 0.1) is 0 Å². The van der Waals surface area contributed by atoms with Crippen molar-refractivity contribution in [3.05, 3.63) is 12.2 Å². The van der Waals surface area contributed by atoms with Crippen LogP contribution in [0.5, 0.6) is 0 Å². The summed E-state index contributed by atoms with van der Waals surface area (Å²) in [5.41, 5.74) is 6.35. The van der Waals surface area contributed by atoms with E-state index < -0.39 is 0 Å². The predicted octanol–water partition coefficient (Wildman–Crippen LogP) is 0.843. The van der Waals surface area contributed by atoms with Crippen LogP contribution in [0.15, 0.2) is 12.2 Å². The summed E-state index contributed by atoms with van der Waals surface area (Å²) in [5.74, 6) is -0.261. The minimum absolute atomic E-state index is 0.225. The molecule has 0 heterocycles. The van der Waals surface area contributed by atoms with E-state index in [1.54, 1.807) is 13.8 Å². The van der Waals surface area contributed by atoms with Gasteiger partial charge in [0, 0.05) is 6.04 Å². The van der Waals surface area contributed by atoms with Crippen LogP contribution < -0.4 is 5.73 Å². The largest absolute Gasteiger partial charge is 0.466 e. The number of carbonyl (C=O) groups is 1. The molecule has 3 nitrogen and oxygen atoms in total. The third-order valence-corrected chi connectivity index (χ3v) is 1.32. The van der Waals surface area contributed by atoms with Gasteiger partial charge in [-0.3, -0.25) is 4.79 Å². The summed E-state index contributed by atoms with van der Waals surface area (Å²) >= 11 is 0. The average Bonchev–Trinajstić information content (AvgIpc) is 1.87. The van der Waals surface area contributed by atoms with Crippen molar-refractivity contribution in [1.82, 2.24) is 0 Å². The molecular formula is C8H15NO2. The molecular weight excluding hydrogens is 142 g/mol. The number of ether oxygens (including phenoxy) is 1. The Kier molecular flexibility index (Phi) is 4.54. The van der Waals surface area contributed by atoms with Crippen molar-refractivity contribution < 1.29 is 9.53 Å². The van der Waals surface area contributed by atoms with E-state index >= 15 is 0 Å². The topological polar surface area (TPSA) is 52.3 Å². The molecule has 0 spiro atoms. The van der Waals surface area contributed by atoms with E-state index in [9.17, 15) is 4.79 Å². The van der Waals surface area contributed by atoms with Gasteiger partial charge < -0.3 is 10.5 Å². The average molecular weight is 157 g/mol. The van der Waals surface area contributed by atoms with Crippen LogP contribution in [0.3, 0.4) is 0 Å². The molecule has 0 aliphatic rings. The lowest BCUT2D eigenvalue weighted by molar-refractivity contribution is -0.143. The first-order valence-corrected chi connectivity index (χ1v) is 3.64. The van der Waals surface area contributed by atoms with E-state index in [1.165, 1.54) is 0 Å². The molecule has 64 valence electrons. The Balaban J connectivity index is 3.66. The van der Waals surface area contributed by atoms with Crippen molar-refractivity contribution in [2.75, 3.05) is 6.61 Å². The zero-order chi connectivity index (χ0) is 8.85. The van der Waals surface area contributed by atoms with E-state index in [0.717, 1.165) is 5.57 Å². The Morgan fingerprint density at radius 3 is 2.64 bits per heavy atom. The first kappa shape index (κ1) is 10.2. The number of hydrogen-bond donors (Lipinski definition) is 1. The summed E-state index contributed by atoms with van der Waals surface area (Å²) in [5, 5.41) is 0. The van der Waals surface area contributed by atoms with E-state index in [1.807, 2.05) is 0 Å². The van der Waals surface area contributed by atoms with Crippen molar-refractivity contribution >= 4 is 5.97 Å². The number of hydrogen-bond acceptors (Lipinski definition) is 3. The van der Waals surface area contributed by atoms with Crippen molar-refractivity contribution in [2.24, 2.45) is 5.73 Å². The number of esters is 1. The second-order valence-electron chi connectivity index (χ2n) is 2.46. The molecule has 0 saturated heterocycles. The van der Waals surface area contributed by atoms with Crippen molar-refractivity contribution in [3.63, 3.8) is 0 Å². The number of carbonyl (C=O) groups excluding carboxylic acids is 1. The van der Waals surface area contributed by atoms with Gasteiger partial charge in [-0.05, 0) is 13.8 Å². The van der Waals surface area contributed by atoms with E-state index in [4.69, 9.17) is 10.5 Å². The maximum absolute atomic E-state index is 10.8. The molecule has 1 atom stereocenters. The van der Waals surface area contributed by atoms with Crippen molar-refractivity contribution in [1.29, 1.82) is 0 Å². The number of nitrogens with two attached hydrogens (primary N) is 1. The lowest BCUT2D eigenvalue weighted by atomic mass is 10.1. The quantitative estimate of drug-likeness (QED) is 0.486. The highest BCUT2D eigenvalue weighted by atomic mass is 16.5. The van der Waals surface area contributed by atoms with Gasteiger partial charge in [0.05, 0.1) is 13.0 Å². The third-order valence-electron chi connectivity index (χ3n) is 1.32. The molecule has 0 unspecified atom stereocenters. The molecule has 0 radical (unpaired) electrons. The van der Waals surface area contributed by atoms with Gasteiger partial charge in [0.25, 0.3) is 0 Å². The summed E-state index contributed by atoms with van der Waals surface area (Å²) in [7, 11) is 0. The molecule has 0 saturated carbocycles. The van der Waals surface area contributed by atoms with E-state index in [2.05, 4.69) is 6.58 Å². The first-order chi connectivity index (χ1) is 5.07. The zero-order valence-corrected chi connectivity index (χ0v) is 7.09. The molecule has 0 bridgehead atoms. The van der Waals surface area contributed by atoms with Gasteiger partial charge in [-0.25, -0.2) is 0 Å². The maximum Gasteiger partial charge on any atom is 0.307 e. The Morgan fingerprint density at radius 2 is 2.27 bits per heavy atom. The maximum atomic E-state index is 10.8. The SMILES string of the molecule is C=C(C)[C@@H](N)CC(=O)OCC. The lowest BCUT2D eigenvalue weighted by Gasteiger charge is -2.09. The number of rotatable bonds is 4. The second kappa shape index (κ2) is 4.91. The summed E-state index contributed by atoms with van der Waals surface area (Å²) in [6, 6.07) is -0.269. The summed E-state index contributed by atoms with van der Waals surface area (Å²) in [6.45, 7) is 7.60. The Morgan fingerprint density at radius 1 is 1.73 bits per heavy atom. The van der Waals surface area contributed by atoms with Crippen LogP contribution in [-0.2, 0) is 9.53 Å². The van der Waals surface area contributed by atoms with Gasteiger partial charge in [-0.15, -0.1) is 0 Å². The molecule has 11 heavy (non-hydrogen) atoms. The van der Waals surface area contributed by atoms with Gasteiger partial charge >= 0.3 is 5.97 Å². The molecule has 0 aromatic heterocycles. The monoisotopic (exact) mass is 157 g/mol. The molecule has 3 heteroatoms. The van der Waals surface area contributed by atoms with Crippen LogP contribution in [0.4, 0.5) is 0 Å². The van der Waals surface area contributed by atoms with Crippen LogP contribution in [0.2, 0.25) is 0 Å². The molecule has 0 aliphatic heterocycles. The zero-order valence-electron chi connectivity index (χ0n) is 7.09. The van der Waals surface area contributed by atoms with Gasteiger partial charge in [-0.1, -0.05) is 12.2 Å². The standard InChI is InChI=1S/C8H15NO2/c1-4-11-8(10)5-7(9)6(2)3/h7H,2,4-5,9H2,1,3H3/t7-/m0/s1. The van der Waals surface area contributed by atoms with Crippen LogP contribution in [0.25, 0.3) is 0 Å². The smallest absolute Gasteiger partial charge is 0.307 e. The second-order valence-corrected chi connectivity index (χ2v) is 2.46. The summed E-state index contributed by atoms with van der Waals surface area (Å²) in [6.07, 6.45) is 0.225. The molecule has 0 amide bonds. The molecule has 0 aromatic carbocycles. The Bertz CT molecular complexity index is 154. The van der Waals surface area contributed by atoms with Crippen molar-refractivity contribution in [2.45, 2.75) is 26.3 Å². The summed E-state index contributed by atoms with van der Waals surface area (Å²) < 4.78 is 4.70. The van der Waals surface area contributed by atoms with Gasteiger partial charge in [0.1, 0.15) is 0 Å². The molecule has 0 aliphatic carbocycles. The lowest BCUT2D eigenvalue weighted by Crippen LogP contribution is -2.25. The fraction of sp³-hybridized carbons (Fsp3) is 0.625. The minimum Gasteiger partial charge on any atom is -0.466 e. The van der Waals surface area contributed by atoms with Gasteiger partial charge in [0.15, 0.2) is 0 Å². The fourth-order valence-electron chi connectivity index (χ4n) is 0.574. The van der Waals surface area contributed by atoms with E-state index in [0.29, 0.717) is 6.61 Å². The normalized spacial score (nSPS) is 12.3. The predicted molar refractivity (Wildman–Crippen MR) is 44.0 cm³/mol. The molecule has 2 N–H and O–H groups in total. The fourth-order valence-corrected chi connectivity index (χ4v) is 0.574. The molecule has 0 rings (SSSR count). The highest BCUT2D eigenvalue weighted by Crippen LogP contribution is 2.00. The van der Waals surface area contributed by atoms with Crippen LogP contribution >= 0.6 is 0 Å². The Labute approximate surface area is 67.2 Å². The summed E-state index contributed by atoms with van der Waals surface area (Å²) in [4.78, 5) is 10.8. The highest BCUT2D eigenvalue weighted by molar-refractivity contribution is 5.70. The van der Waals surface area contributed by atoms with E-state index in [-0.39, 0.29) is 18.4 Å². The Hall–Kier alpha value is -0.830. The van der Waals surface area contributed by atoms with Gasteiger partial charge in [0.2, 0.25) is 0 Å². The van der Waals surface area contributed by atoms with Crippen molar-refractivity contribution in [3.8, 4) is 0 Å². The minimum atomic E-state index is -0.269. The molecule has 0 fully saturated rings.